The van der Waals surface area contributed by atoms with Gasteiger partial charge in [-0.05, 0) is 30.0 Å². The molecule has 1 aromatic rings. The van der Waals surface area contributed by atoms with Gasteiger partial charge in [-0.3, -0.25) is 4.57 Å². The first-order valence-electron chi connectivity index (χ1n) is 6.43. The number of halogens is 1. The Morgan fingerprint density at radius 3 is 3.00 bits per heavy atom. The number of hydrogen-bond acceptors (Lipinski definition) is 3. The minimum Gasteiger partial charge on any atom is -0.308 e. The van der Waals surface area contributed by atoms with Gasteiger partial charge in [-0.15, -0.1) is 6.58 Å². The van der Waals surface area contributed by atoms with Gasteiger partial charge in [0.2, 0.25) is 0 Å². The van der Waals surface area contributed by atoms with Crippen molar-refractivity contribution in [3.63, 3.8) is 0 Å². The first-order chi connectivity index (χ1) is 9.12. The lowest BCUT2D eigenvalue weighted by atomic mass is 10.1. The van der Waals surface area contributed by atoms with E-state index in [2.05, 4.69) is 6.58 Å². The van der Waals surface area contributed by atoms with Crippen molar-refractivity contribution in [2.24, 2.45) is 5.92 Å². The van der Waals surface area contributed by atoms with Crippen molar-refractivity contribution >= 4 is 19.2 Å². The van der Waals surface area contributed by atoms with Crippen LogP contribution in [0.3, 0.4) is 0 Å². The molecule has 19 heavy (non-hydrogen) atoms. The molecule has 0 spiro atoms. The van der Waals surface area contributed by atoms with E-state index < -0.39 is 7.60 Å². The Labute approximate surface area is 118 Å². The molecule has 1 unspecified atom stereocenters. The lowest BCUT2D eigenvalue weighted by Gasteiger charge is -2.30. The zero-order chi connectivity index (χ0) is 13.5. The molecule has 0 N–H and O–H groups in total. The molecule has 3 rings (SSSR count). The molecule has 3 nitrogen and oxygen atoms in total. The molecule has 1 aliphatic carbocycles. The van der Waals surface area contributed by atoms with E-state index in [-0.39, 0.29) is 17.7 Å². The molecule has 4 atom stereocenters. The fourth-order valence-corrected chi connectivity index (χ4v) is 5.11. The second-order valence-electron chi connectivity index (χ2n) is 5.01. The molecule has 102 valence electrons. The predicted molar refractivity (Wildman–Crippen MR) is 75.5 cm³/mol. The van der Waals surface area contributed by atoms with Crippen molar-refractivity contribution in [1.29, 1.82) is 0 Å². The van der Waals surface area contributed by atoms with Crippen molar-refractivity contribution in [2.45, 2.75) is 24.6 Å². The third-order valence-corrected chi connectivity index (χ3v) is 6.39. The smallest absolute Gasteiger partial charge is 0.308 e. The van der Waals surface area contributed by atoms with Crippen LogP contribution < -0.4 is 0 Å². The van der Waals surface area contributed by atoms with Crippen LogP contribution in [0.1, 0.15) is 24.5 Å². The highest BCUT2D eigenvalue weighted by atomic mass is 35.5. The van der Waals surface area contributed by atoms with Gasteiger partial charge in [0.1, 0.15) is 0 Å². The van der Waals surface area contributed by atoms with E-state index in [0.29, 0.717) is 18.1 Å². The van der Waals surface area contributed by atoms with Crippen molar-refractivity contribution < 1.29 is 13.6 Å². The molecule has 1 heterocycles. The number of allylic oxidation sites excluding steroid dienone is 1. The van der Waals surface area contributed by atoms with Crippen LogP contribution >= 0.6 is 19.2 Å². The van der Waals surface area contributed by atoms with Crippen LogP contribution in [0.4, 0.5) is 0 Å². The normalized spacial score (nSPS) is 37.8. The largest absolute Gasteiger partial charge is 0.334 e. The van der Waals surface area contributed by atoms with Gasteiger partial charge in [-0.25, -0.2) is 0 Å². The molecular weight excluding hydrogens is 283 g/mol. The van der Waals surface area contributed by atoms with Crippen LogP contribution in [0, 0.1) is 5.92 Å². The Kier molecular flexibility index (Phi) is 3.57. The van der Waals surface area contributed by atoms with Crippen molar-refractivity contribution in [2.75, 3.05) is 6.61 Å². The van der Waals surface area contributed by atoms with Crippen LogP contribution in [-0.4, -0.2) is 12.3 Å². The highest BCUT2D eigenvalue weighted by Gasteiger charge is 2.53. The average Bonchev–Trinajstić information content (AvgIpc) is 3.19. The predicted octanol–water partition coefficient (Wildman–Crippen LogP) is 4.59. The summed E-state index contributed by atoms with van der Waals surface area (Å²) in [6, 6.07) is 7.51. The van der Waals surface area contributed by atoms with Gasteiger partial charge < -0.3 is 9.05 Å². The van der Waals surface area contributed by atoms with Crippen LogP contribution in [0.5, 0.6) is 0 Å². The van der Waals surface area contributed by atoms with E-state index in [1.807, 2.05) is 30.3 Å². The maximum Gasteiger partial charge on any atom is 0.334 e. The lowest BCUT2D eigenvalue weighted by molar-refractivity contribution is 0.0801. The fourth-order valence-electron chi connectivity index (χ4n) is 2.47. The quantitative estimate of drug-likeness (QED) is 0.605. The van der Waals surface area contributed by atoms with E-state index in [0.717, 1.165) is 12.0 Å². The Morgan fingerprint density at radius 2 is 2.32 bits per heavy atom. The second-order valence-corrected chi connectivity index (χ2v) is 7.66. The summed E-state index contributed by atoms with van der Waals surface area (Å²) in [7, 11) is -3.00. The second kappa shape index (κ2) is 5.06. The van der Waals surface area contributed by atoms with Crippen molar-refractivity contribution in [3.8, 4) is 0 Å². The number of benzene rings is 1. The Balaban J connectivity index is 1.78. The third kappa shape index (κ3) is 2.66. The van der Waals surface area contributed by atoms with Crippen LogP contribution in [0.2, 0.25) is 5.02 Å². The Hall–Kier alpha value is -0.600. The molecule has 0 bridgehead atoms. The molecule has 1 saturated heterocycles. The fraction of sp³-hybridized carbons (Fsp3) is 0.429. The molecule has 1 aliphatic heterocycles. The highest BCUT2D eigenvalue weighted by Crippen LogP contribution is 2.69. The van der Waals surface area contributed by atoms with Crippen LogP contribution in [0.25, 0.3) is 0 Å². The van der Waals surface area contributed by atoms with Gasteiger partial charge in [0.15, 0.2) is 0 Å². The van der Waals surface area contributed by atoms with E-state index in [1.165, 1.54) is 0 Å². The molecule has 1 aromatic carbocycles. The molecule has 2 fully saturated rings. The first kappa shape index (κ1) is 13.4. The van der Waals surface area contributed by atoms with Crippen molar-refractivity contribution in [1.82, 2.24) is 0 Å². The van der Waals surface area contributed by atoms with Gasteiger partial charge >= 0.3 is 7.60 Å². The SMILES string of the molecule is C=C[C@@H]1C[C@@H]1P1(=O)OCC[C@@H](c2cccc(Cl)c2)O1. The molecule has 0 radical (unpaired) electrons. The zero-order valence-electron chi connectivity index (χ0n) is 10.5. The van der Waals surface area contributed by atoms with Gasteiger partial charge in [0.05, 0.1) is 18.4 Å². The van der Waals surface area contributed by atoms with Gasteiger partial charge in [0, 0.05) is 11.4 Å². The summed E-state index contributed by atoms with van der Waals surface area (Å²) in [5, 5.41) is 0.665. The minimum absolute atomic E-state index is 0.00742. The van der Waals surface area contributed by atoms with E-state index in [9.17, 15) is 4.57 Å². The molecular formula is C14H16ClO3P. The maximum atomic E-state index is 12.7. The van der Waals surface area contributed by atoms with Gasteiger partial charge in [0.25, 0.3) is 0 Å². The van der Waals surface area contributed by atoms with Crippen LogP contribution in [-0.2, 0) is 13.6 Å². The minimum atomic E-state index is -3.00. The topological polar surface area (TPSA) is 35.5 Å². The van der Waals surface area contributed by atoms with Crippen molar-refractivity contribution in [3.05, 3.63) is 47.5 Å². The maximum absolute atomic E-state index is 12.7. The van der Waals surface area contributed by atoms with Gasteiger partial charge in [-0.1, -0.05) is 29.8 Å². The highest BCUT2D eigenvalue weighted by molar-refractivity contribution is 7.55. The number of rotatable bonds is 3. The number of hydrogen-bond donors (Lipinski definition) is 0. The summed E-state index contributed by atoms with van der Waals surface area (Å²) in [5.41, 5.74) is 0.957. The third-order valence-electron chi connectivity index (χ3n) is 3.66. The van der Waals surface area contributed by atoms with E-state index >= 15 is 0 Å². The zero-order valence-corrected chi connectivity index (χ0v) is 12.1. The Morgan fingerprint density at radius 1 is 1.47 bits per heavy atom. The Bertz CT molecular complexity index is 545. The molecule has 0 aromatic heterocycles. The average molecular weight is 299 g/mol. The lowest BCUT2D eigenvalue weighted by Crippen LogP contribution is -2.16. The van der Waals surface area contributed by atoms with E-state index in [4.69, 9.17) is 20.6 Å². The summed E-state index contributed by atoms with van der Waals surface area (Å²) < 4.78 is 24.0. The molecule has 5 heteroatoms. The molecule has 0 amide bonds. The van der Waals surface area contributed by atoms with E-state index in [1.54, 1.807) is 0 Å². The van der Waals surface area contributed by atoms with Gasteiger partial charge in [-0.2, -0.15) is 0 Å². The van der Waals surface area contributed by atoms with Crippen LogP contribution in [0.15, 0.2) is 36.9 Å². The summed E-state index contributed by atoms with van der Waals surface area (Å²) in [5.74, 6) is 0.268. The first-order valence-corrected chi connectivity index (χ1v) is 8.42. The standard InChI is InChI=1S/C14H16ClO3P/c1-2-10-9-14(10)19(16)17-7-6-13(18-19)11-4-3-5-12(15)8-11/h2-5,8,10,13-14H,1,6-7,9H2/t10-,13+,14+,19?/m1/s1. The summed E-state index contributed by atoms with van der Waals surface area (Å²) in [6.07, 6.45) is 3.20. The summed E-state index contributed by atoms with van der Waals surface area (Å²) >= 11 is 5.99. The summed E-state index contributed by atoms with van der Waals surface area (Å²) in [4.78, 5) is 0. The molecule has 2 aliphatic rings. The summed E-state index contributed by atoms with van der Waals surface area (Å²) in [6.45, 7) is 4.21. The molecule has 1 saturated carbocycles. The monoisotopic (exact) mass is 298 g/mol.